The first-order valence-electron chi connectivity index (χ1n) is 5.98. The highest BCUT2D eigenvalue weighted by atomic mass is 14.6. The molecule has 0 spiro atoms. The van der Waals surface area contributed by atoms with E-state index in [9.17, 15) is 0 Å². The summed E-state index contributed by atoms with van der Waals surface area (Å²) >= 11 is 0. The van der Waals surface area contributed by atoms with Crippen LogP contribution >= 0.6 is 0 Å². The van der Waals surface area contributed by atoms with Crippen LogP contribution in [0.5, 0.6) is 0 Å². The highest BCUT2D eigenvalue weighted by Crippen LogP contribution is 2.31. The molecule has 0 aliphatic carbocycles. The van der Waals surface area contributed by atoms with Crippen LogP contribution in [0.2, 0.25) is 0 Å². The maximum Gasteiger partial charge on any atom is 0.00423 e. The summed E-state index contributed by atoms with van der Waals surface area (Å²) < 4.78 is 0. The molecule has 0 heterocycles. The second-order valence-electron chi connectivity index (χ2n) is 4.72. The summed E-state index contributed by atoms with van der Waals surface area (Å²) in [4.78, 5) is 0. The number of hydrogen-bond donors (Lipinski definition) is 1. The zero-order chi connectivity index (χ0) is 12.3. The first-order valence-corrected chi connectivity index (χ1v) is 5.98. The van der Waals surface area contributed by atoms with Crippen LogP contribution in [-0.2, 0) is 0 Å². The zero-order valence-electron chi connectivity index (χ0n) is 10.9. The Hall–Kier alpha value is -1.24. The molecule has 0 bridgehead atoms. The Labute approximate surface area is 99.4 Å². The molecule has 88 valence electrons. The van der Waals surface area contributed by atoms with Gasteiger partial charge >= 0.3 is 0 Å². The lowest BCUT2D eigenvalue weighted by Crippen LogP contribution is -2.16. The molecule has 0 amide bonds. The van der Waals surface area contributed by atoms with Gasteiger partial charge in [-0.25, -0.2) is 0 Å². The minimum Gasteiger partial charge on any atom is -0.402 e. The lowest BCUT2D eigenvalue weighted by Gasteiger charge is -2.23. The van der Waals surface area contributed by atoms with Crippen molar-refractivity contribution in [3.05, 3.63) is 47.2 Å². The maximum absolute atomic E-state index is 5.82. The van der Waals surface area contributed by atoms with Crippen LogP contribution in [0.1, 0.15) is 42.9 Å². The predicted octanol–water partition coefficient (Wildman–Crippen LogP) is 3.91. The van der Waals surface area contributed by atoms with Crippen LogP contribution < -0.4 is 5.73 Å². The summed E-state index contributed by atoms with van der Waals surface area (Å²) in [5.74, 6) is 0.823. The van der Waals surface area contributed by atoms with Crippen molar-refractivity contribution in [2.75, 3.05) is 0 Å². The molecule has 2 unspecified atom stereocenters. The van der Waals surface area contributed by atoms with Gasteiger partial charge in [0.15, 0.2) is 0 Å². The highest BCUT2D eigenvalue weighted by molar-refractivity contribution is 5.33. The largest absolute Gasteiger partial charge is 0.402 e. The Balaban J connectivity index is 3.04. The molecular weight excluding hydrogens is 194 g/mol. The Morgan fingerprint density at radius 3 is 2.38 bits per heavy atom. The summed E-state index contributed by atoms with van der Waals surface area (Å²) in [6.45, 7) is 12.5. The van der Waals surface area contributed by atoms with Crippen molar-refractivity contribution in [3.63, 3.8) is 0 Å². The standard InChI is InChI=1S/C15H23N/c1-6-15(12(4)13(5)16)14-8-7-10(2)11(3)9-14/h7-9,12,15H,5-6,16H2,1-4H3. The number of benzene rings is 1. The van der Waals surface area contributed by atoms with Crippen molar-refractivity contribution in [2.24, 2.45) is 11.7 Å². The van der Waals surface area contributed by atoms with Crippen molar-refractivity contribution in [1.29, 1.82) is 0 Å². The Morgan fingerprint density at radius 1 is 1.31 bits per heavy atom. The van der Waals surface area contributed by atoms with Gasteiger partial charge in [0.05, 0.1) is 0 Å². The third kappa shape index (κ3) is 2.66. The first kappa shape index (κ1) is 12.8. The average molecular weight is 217 g/mol. The molecule has 0 saturated carbocycles. The van der Waals surface area contributed by atoms with Gasteiger partial charge in [-0.05, 0) is 42.9 Å². The second-order valence-corrected chi connectivity index (χ2v) is 4.72. The summed E-state index contributed by atoms with van der Waals surface area (Å²) in [6.07, 6.45) is 1.10. The maximum atomic E-state index is 5.82. The van der Waals surface area contributed by atoms with Crippen LogP contribution in [0.3, 0.4) is 0 Å². The van der Waals surface area contributed by atoms with E-state index in [1.54, 1.807) is 0 Å². The quantitative estimate of drug-likeness (QED) is 0.813. The third-order valence-corrected chi connectivity index (χ3v) is 3.59. The third-order valence-electron chi connectivity index (χ3n) is 3.59. The van der Waals surface area contributed by atoms with Gasteiger partial charge in [-0.2, -0.15) is 0 Å². The summed E-state index contributed by atoms with van der Waals surface area (Å²) in [5, 5.41) is 0. The molecule has 0 aromatic heterocycles. The Kier molecular flexibility index (Phi) is 4.17. The van der Waals surface area contributed by atoms with Gasteiger partial charge in [0.1, 0.15) is 0 Å². The second kappa shape index (κ2) is 5.20. The van der Waals surface area contributed by atoms with E-state index < -0.39 is 0 Å². The van der Waals surface area contributed by atoms with Gasteiger partial charge in [0.25, 0.3) is 0 Å². The van der Waals surface area contributed by atoms with Crippen molar-refractivity contribution in [3.8, 4) is 0 Å². The molecule has 1 aromatic carbocycles. The van der Waals surface area contributed by atoms with Gasteiger partial charge in [-0.15, -0.1) is 0 Å². The van der Waals surface area contributed by atoms with Gasteiger partial charge in [-0.1, -0.05) is 38.6 Å². The Bertz CT molecular complexity index is 379. The molecule has 2 atom stereocenters. The van der Waals surface area contributed by atoms with Crippen LogP contribution in [0, 0.1) is 19.8 Å². The number of rotatable bonds is 4. The Morgan fingerprint density at radius 2 is 1.94 bits per heavy atom. The van der Waals surface area contributed by atoms with Gasteiger partial charge in [0.2, 0.25) is 0 Å². The van der Waals surface area contributed by atoms with E-state index in [0.717, 1.165) is 12.1 Å². The molecule has 1 nitrogen and oxygen atoms in total. The number of aryl methyl sites for hydroxylation is 2. The molecule has 0 aliphatic rings. The van der Waals surface area contributed by atoms with Crippen LogP contribution in [0.15, 0.2) is 30.5 Å². The van der Waals surface area contributed by atoms with Crippen molar-refractivity contribution in [2.45, 2.75) is 40.0 Å². The molecule has 0 fully saturated rings. The van der Waals surface area contributed by atoms with Crippen LogP contribution in [0.25, 0.3) is 0 Å². The molecule has 0 radical (unpaired) electrons. The molecule has 0 aliphatic heterocycles. The lowest BCUT2D eigenvalue weighted by atomic mass is 9.83. The zero-order valence-corrected chi connectivity index (χ0v) is 10.9. The molecule has 1 heteroatoms. The van der Waals surface area contributed by atoms with E-state index in [1.165, 1.54) is 16.7 Å². The number of nitrogens with two attached hydrogens (primary N) is 1. The van der Waals surface area contributed by atoms with E-state index in [1.807, 2.05) is 0 Å². The lowest BCUT2D eigenvalue weighted by molar-refractivity contribution is 0.504. The van der Waals surface area contributed by atoms with Gasteiger partial charge in [0, 0.05) is 11.6 Å². The summed E-state index contributed by atoms with van der Waals surface area (Å²) in [7, 11) is 0. The molecule has 1 aromatic rings. The van der Waals surface area contributed by atoms with Crippen molar-refractivity contribution in [1.82, 2.24) is 0 Å². The van der Waals surface area contributed by atoms with Crippen LogP contribution in [0.4, 0.5) is 0 Å². The highest BCUT2D eigenvalue weighted by Gasteiger charge is 2.18. The first-order chi connectivity index (χ1) is 7.47. The van der Waals surface area contributed by atoms with Crippen molar-refractivity contribution < 1.29 is 0 Å². The van der Waals surface area contributed by atoms with E-state index >= 15 is 0 Å². The smallest absolute Gasteiger partial charge is 0.00423 e. The molecule has 1 rings (SSSR count). The molecule has 0 saturated heterocycles. The minimum atomic E-state index is 0.340. The average Bonchev–Trinajstić information content (AvgIpc) is 2.24. The van der Waals surface area contributed by atoms with E-state index in [-0.39, 0.29) is 0 Å². The number of hydrogen-bond acceptors (Lipinski definition) is 1. The molecule has 16 heavy (non-hydrogen) atoms. The summed E-state index contributed by atoms with van der Waals surface area (Å²) in [5.41, 5.74) is 10.7. The number of allylic oxidation sites excluding steroid dienone is 1. The van der Waals surface area contributed by atoms with Gasteiger partial charge in [-0.3, -0.25) is 0 Å². The topological polar surface area (TPSA) is 26.0 Å². The fourth-order valence-electron chi connectivity index (χ4n) is 2.13. The molecule has 2 N–H and O–H groups in total. The monoisotopic (exact) mass is 217 g/mol. The van der Waals surface area contributed by atoms with Crippen LogP contribution in [-0.4, -0.2) is 0 Å². The van der Waals surface area contributed by atoms with E-state index in [0.29, 0.717) is 11.8 Å². The SMILES string of the molecule is C=C(N)C(C)C(CC)c1ccc(C)c(C)c1. The predicted molar refractivity (Wildman–Crippen MR) is 71.4 cm³/mol. The normalized spacial score (nSPS) is 14.5. The van der Waals surface area contributed by atoms with E-state index in [2.05, 4.69) is 52.5 Å². The minimum absolute atomic E-state index is 0.340. The molecular formula is C15H23N. The fraction of sp³-hybridized carbons (Fsp3) is 0.467. The summed E-state index contributed by atoms with van der Waals surface area (Å²) in [6, 6.07) is 6.69. The van der Waals surface area contributed by atoms with E-state index in [4.69, 9.17) is 5.73 Å². The van der Waals surface area contributed by atoms with Crippen molar-refractivity contribution >= 4 is 0 Å². The fourth-order valence-corrected chi connectivity index (χ4v) is 2.13. The van der Waals surface area contributed by atoms with Gasteiger partial charge < -0.3 is 5.73 Å².